The molecular formula is C15H17NO2S. The van der Waals surface area contributed by atoms with Crippen LogP contribution in [0.5, 0.6) is 5.75 Å². The molecular weight excluding hydrogens is 258 g/mol. The first kappa shape index (κ1) is 13.7. The van der Waals surface area contributed by atoms with Crippen molar-refractivity contribution in [3.8, 4) is 16.3 Å². The van der Waals surface area contributed by atoms with Crippen LogP contribution in [-0.4, -0.2) is 16.9 Å². The summed E-state index contributed by atoms with van der Waals surface area (Å²) in [6.45, 7) is 5.61. The van der Waals surface area contributed by atoms with E-state index in [2.05, 4.69) is 4.98 Å². The Morgan fingerprint density at radius 2 is 2.05 bits per heavy atom. The van der Waals surface area contributed by atoms with Gasteiger partial charge in [-0.2, -0.15) is 0 Å². The highest BCUT2D eigenvalue weighted by Crippen LogP contribution is 2.25. The zero-order chi connectivity index (χ0) is 13.8. The molecule has 1 aromatic heterocycles. The maximum Gasteiger partial charge on any atom is 0.172 e. The smallest absolute Gasteiger partial charge is 0.172 e. The second kappa shape index (κ2) is 5.97. The van der Waals surface area contributed by atoms with Crippen LogP contribution >= 0.6 is 11.3 Å². The Morgan fingerprint density at radius 1 is 1.37 bits per heavy atom. The lowest BCUT2D eigenvalue weighted by Gasteiger charge is -2.12. The van der Waals surface area contributed by atoms with Crippen LogP contribution in [-0.2, 0) is 4.79 Å². The van der Waals surface area contributed by atoms with Crippen molar-refractivity contribution >= 4 is 17.1 Å². The number of ether oxygens (including phenoxy) is 1. The lowest BCUT2D eigenvalue weighted by atomic mass is 10.2. The number of nitrogens with zero attached hydrogens (tertiary/aromatic N) is 1. The molecule has 0 bridgehead atoms. The highest BCUT2D eigenvalue weighted by atomic mass is 32.1. The normalized spacial score (nSPS) is 12.2. The van der Waals surface area contributed by atoms with Gasteiger partial charge < -0.3 is 4.74 Å². The number of aryl methyl sites for hydroxylation is 1. The highest BCUT2D eigenvalue weighted by Gasteiger charge is 2.12. The molecule has 0 saturated heterocycles. The van der Waals surface area contributed by atoms with Crippen LogP contribution in [0.1, 0.15) is 26.0 Å². The minimum atomic E-state index is -0.391. The molecule has 1 aromatic carbocycles. The summed E-state index contributed by atoms with van der Waals surface area (Å²) in [5.41, 5.74) is 2.10. The summed E-state index contributed by atoms with van der Waals surface area (Å²) in [4.78, 5) is 15.9. The summed E-state index contributed by atoms with van der Waals surface area (Å²) in [7, 11) is 0. The number of carbonyl (C=O) groups is 1. The fourth-order valence-electron chi connectivity index (χ4n) is 1.72. The Morgan fingerprint density at radius 3 is 2.58 bits per heavy atom. The molecule has 1 unspecified atom stereocenters. The summed E-state index contributed by atoms with van der Waals surface area (Å²) >= 11 is 1.62. The lowest BCUT2D eigenvalue weighted by molar-refractivity contribution is -0.124. The molecule has 2 rings (SSSR count). The van der Waals surface area contributed by atoms with Crippen LogP contribution < -0.4 is 4.74 Å². The molecule has 0 amide bonds. The molecule has 0 radical (unpaired) electrons. The number of rotatable bonds is 5. The number of Topliss-reactive ketones (excluding diaryl/α,β-unsaturated/α-hetero) is 1. The van der Waals surface area contributed by atoms with Gasteiger partial charge in [0.05, 0.1) is 0 Å². The van der Waals surface area contributed by atoms with E-state index < -0.39 is 6.10 Å². The number of thiazole rings is 1. The molecule has 1 atom stereocenters. The summed E-state index contributed by atoms with van der Waals surface area (Å²) < 4.78 is 5.60. The summed E-state index contributed by atoms with van der Waals surface area (Å²) in [5.74, 6) is 0.825. The van der Waals surface area contributed by atoms with Crippen LogP contribution in [0.25, 0.3) is 10.6 Å². The van der Waals surface area contributed by atoms with Crippen LogP contribution in [0.3, 0.4) is 0 Å². The average Bonchev–Trinajstić information content (AvgIpc) is 2.85. The topological polar surface area (TPSA) is 39.2 Å². The SMILES string of the molecule is CCC(=O)C(C)Oc1ccc(-c2nc(C)cs2)cc1. The van der Waals surface area contributed by atoms with Crippen LogP contribution in [0.2, 0.25) is 0 Å². The first-order chi connectivity index (χ1) is 9.10. The first-order valence-electron chi connectivity index (χ1n) is 6.32. The summed E-state index contributed by atoms with van der Waals surface area (Å²) in [5, 5.41) is 3.03. The maximum atomic E-state index is 11.5. The monoisotopic (exact) mass is 275 g/mol. The van der Waals surface area contributed by atoms with Crippen LogP contribution in [0.4, 0.5) is 0 Å². The third-order valence-corrected chi connectivity index (χ3v) is 3.84. The molecule has 4 heteroatoms. The minimum absolute atomic E-state index is 0.111. The Kier molecular flexibility index (Phi) is 4.32. The number of ketones is 1. The van der Waals surface area contributed by atoms with Gasteiger partial charge in [-0.15, -0.1) is 11.3 Å². The van der Waals surface area contributed by atoms with Crippen LogP contribution in [0, 0.1) is 6.92 Å². The van der Waals surface area contributed by atoms with Gasteiger partial charge in [0, 0.05) is 23.1 Å². The van der Waals surface area contributed by atoms with Gasteiger partial charge >= 0.3 is 0 Å². The Balaban J connectivity index is 2.08. The van der Waals surface area contributed by atoms with Crippen molar-refractivity contribution in [2.75, 3.05) is 0 Å². The van der Waals surface area contributed by atoms with E-state index in [-0.39, 0.29) is 5.78 Å². The van der Waals surface area contributed by atoms with Gasteiger partial charge in [-0.1, -0.05) is 6.92 Å². The zero-order valence-corrected chi connectivity index (χ0v) is 12.2. The quantitative estimate of drug-likeness (QED) is 0.831. The van der Waals surface area contributed by atoms with Crippen molar-refractivity contribution in [2.45, 2.75) is 33.3 Å². The van der Waals surface area contributed by atoms with Gasteiger partial charge in [0.1, 0.15) is 10.8 Å². The standard InChI is InChI=1S/C15H17NO2S/c1-4-14(17)11(3)18-13-7-5-12(6-8-13)15-16-10(2)9-19-15/h5-9,11H,4H2,1-3H3. The van der Waals surface area contributed by atoms with Crippen molar-refractivity contribution in [2.24, 2.45) is 0 Å². The fraction of sp³-hybridized carbons (Fsp3) is 0.333. The van der Waals surface area contributed by atoms with E-state index in [1.54, 1.807) is 18.3 Å². The predicted molar refractivity (Wildman–Crippen MR) is 77.7 cm³/mol. The molecule has 0 aliphatic rings. The molecule has 0 aliphatic carbocycles. The molecule has 0 fully saturated rings. The number of hydrogen-bond donors (Lipinski definition) is 0. The Bertz CT molecular complexity index is 560. The third-order valence-electron chi connectivity index (χ3n) is 2.84. The number of carbonyl (C=O) groups excluding carboxylic acids is 1. The second-order valence-corrected chi connectivity index (χ2v) is 5.26. The first-order valence-corrected chi connectivity index (χ1v) is 7.20. The molecule has 0 N–H and O–H groups in total. The molecule has 2 aromatic rings. The molecule has 19 heavy (non-hydrogen) atoms. The van der Waals surface area contributed by atoms with Crippen molar-refractivity contribution < 1.29 is 9.53 Å². The average molecular weight is 275 g/mol. The number of hydrogen-bond acceptors (Lipinski definition) is 4. The third kappa shape index (κ3) is 3.41. The number of benzene rings is 1. The van der Waals surface area contributed by atoms with Crippen molar-refractivity contribution in [3.05, 3.63) is 35.3 Å². The number of aromatic nitrogens is 1. The molecule has 3 nitrogen and oxygen atoms in total. The maximum absolute atomic E-state index is 11.5. The highest BCUT2D eigenvalue weighted by molar-refractivity contribution is 7.13. The van der Waals surface area contributed by atoms with Crippen LogP contribution in [0.15, 0.2) is 29.6 Å². The van der Waals surface area contributed by atoms with E-state index in [0.29, 0.717) is 12.2 Å². The summed E-state index contributed by atoms with van der Waals surface area (Å²) in [6, 6.07) is 7.70. The summed E-state index contributed by atoms with van der Waals surface area (Å²) in [6.07, 6.45) is 0.107. The van der Waals surface area contributed by atoms with E-state index >= 15 is 0 Å². The van der Waals surface area contributed by atoms with E-state index in [4.69, 9.17) is 4.74 Å². The van der Waals surface area contributed by atoms with Crippen molar-refractivity contribution in [1.29, 1.82) is 0 Å². The van der Waals surface area contributed by atoms with Crippen molar-refractivity contribution in [3.63, 3.8) is 0 Å². The van der Waals surface area contributed by atoms with Gasteiger partial charge in [0.2, 0.25) is 0 Å². The van der Waals surface area contributed by atoms with Gasteiger partial charge in [-0.05, 0) is 38.1 Å². The van der Waals surface area contributed by atoms with Gasteiger partial charge in [0.25, 0.3) is 0 Å². The largest absolute Gasteiger partial charge is 0.483 e. The zero-order valence-electron chi connectivity index (χ0n) is 11.3. The van der Waals surface area contributed by atoms with Gasteiger partial charge in [-0.25, -0.2) is 4.98 Å². The molecule has 1 heterocycles. The molecule has 0 aliphatic heterocycles. The van der Waals surface area contributed by atoms with E-state index in [1.807, 2.05) is 43.5 Å². The van der Waals surface area contributed by atoms with E-state index in [1.165, 1.54) is 0 Å². The fourth-order valence-corrected chi connectivity index (χ4v) is 2.52. The predicted octanol–water partition coefficient (Wildman–Crippen LogP) is 3.86. The molecule has 0 saturated carbocycles. The lowest BCUT2D eigenvalue weighted by Crippen LogP contribution is -2.22. The second-order valence-electron chi connectivity index (χ2n) is 4.40. The molecule has 100 valence electrons. The minimum Gasteiger partial charge on any atom is -0.483 e. The Labute approximate surface area is 117 Å². The van der Waals surface area contributed by atoms with Gasteiger partial charge in [0.15, 0.2) is 11.9 Å². The van der Waals surface area contributed by atoms with E-state index in [9.17, 15) is 4.79 Å². The Hall–Kier alpha value is -1.68. The van der Waals surface area contributed by atoms with Crippen molar-refractivity contribution in [1.82, 2.24) is 4.98 Å². The van der Waals surface area contributed by atoms with E-state index in [0.717, 1.165) is 16.3 Å². The van der Waals surface area contributed by atoms with Gasteiger partial charge in [-0.3, -0.25) is 4.79 Å². The molecule has 0 spiro atoms.